The van der Waals surface area contributed by atoms with Crippen molar-refractivity contribution >= 4 is 5.91 Å². The SMILES string of the molecule is CC/C=C\C/C=C\C/C=C\C/C=C\C/C=C\C/C=C\C/C=C\C/C=C\C/C=C\C/C=C\CCCCC(=O)NC(COC1OC(CO)C(O)C(O)C1O)C(O)/C=C/CC/C=C/CC/C=C/CCCC. The topological polar surface area (TPSA) is 149 Å². The van der Waals surface area contributed by atoms with Gasteiger partial charge in [0.25, 0.3) is 0 Å². The highest BCUT2D eigenvalue weighted by molar-refractivity contribution is 5.76. The molecule has 6 N–H and O–H groups in total. The van der Waals surface area contributed by atoms with Gasteiger partial charge in [-0.3, -0.25) is 4.79 Å². The standard InChI is InChI=1S/C59H91NO8/c1-3-5-7-9-11-13-15-17-18-19-20-21-22-23-24-25-26-27-28-29-30-31-32-33-34-35-36-37-39-41-43-45-47-49-55(63)60-52(51-67-59-58(66)57(65)56(64)54(50-61)68-59)53(62)48-46-44-42-40-38-16-14-12-10-8-6-4-2/h5,7,10-13,17-18,20-21,23-24,26-27,29-30,32-33,35-36,38-41,46,48,52-54,56-59,61-62,64-66H,3-4,6,8-9,14-16,19,22,25,28,31,34,37,42-45,47,49-51H2,1-2H3,(H,60,63)/b7-5-,12-10+,13-11-,18-17-,21-20-,24-23-,27-26-,30-29-,33-32-,36-35-,40-38+,41-39-,48-46+. The number of rotatable bonds is 40. The fraction of sp³-hybridized carbons (Fsp3) is 0.542. The summed E-state index contributed by atoms with van der Waals surface area (Å²) in [5.41, 5.74) is 0. The lowest BCUT2D eigenvalue weighted by atomic mass is 9.99. The molecule has 1 aliphatic heterocycles. The largest absolute Gasteiger partial charge is 0.394 e. The minimum absolute atomic E-state index is 0.236. The number of hydrogen-bond donors (Lipinski definition) is 6. The van der Waals surface area contributed by atoms with Crippen molar-refractivity contribution in [2.24, 2.45) is 0 Å². The Balaban J connectivity index is 2.30. The summed E-state index contributed by atoms with van der Waals surface area (Å²) in [5, 5.41) is 54.1. The maximum Gasteiger partial charge on any atom is 0.220 e. The summed E-state index contributed by atoms with van der Waals surface area (Å²) in [6.07, 6.45) is 67.3. The zero-order valence-corrected chi connectivity index (χ0v) is 41.8. The molecule has 9 heteroatoms. The number of hydrogen-bond acceptors (Lipinski definition) is 8. The molecule has 0 spiro atoms. The third kappa shape index (κ3) is 35.9. The van der Waals surface area contributed by atoms with Gasteiger partial charge in [-0.15, -0.1) is 0 Å². The molecule has 1 rings (SSSR count). The van der Waals surface area contributed by atoms with Crippen molar-refractivity contribution in [3.8, 4) is 0 Å². The molecule has 0 saturated carbocycles. The van der Waals surface area contributed by atoms with Gasteiger partial charge in [0, 0.05) is 6.42 Å². The molecule has 1 fully saturated rings. The molecule has 0 radical (unpaired) electrons. The van der Waals surface area contributed by atoms with Gasteiger partial charge in [0.15, 0.2) is 6.29 Å². The number of carbonyl (C=O) groups excluding carboxylic acids is 1. The van der Waals surface area contributed by atoms with Crippen LogP contribution in [0.1, 0.15) is 149 Å². The average Bonchev–Trinajstić information content (AvgIpc) is 3.34. The van der Waals surface area contributed by atoms with Gasteiger partial charge in [0.1, 0.15) is 24.4 Å². The first-order chi connectivity index (χ1) is 33.3. The average molecular weight is 942 g/mol. The number of ether oxygens (including phenoxy) is 2. The Kier molecular flexibility index (Phi) is 42.3. The second-order valence-corrected chi connectivity index (χ2v) is 16.9. The van der Waals surface area contributed by atoms with E-state index in [4.69, 9.17) is 9.47 Å². The van der Waals surface area contributed by atoms with Crippen molar-refractivity contribution in [3.05, 3.63) is 158 Å². The third-order valence-corrected chi connectivity index (χ3v) is 10.8. The number of amides is 1. The number of nitrogens with one attached hydrogen (secondary N) is 1. The Morgan fingerprint density at radius 2 is 0.912 bits per heavy atom. The first kappa shape index (κ1) is 61.8. The van der Waals surface area contributed by atoms with Crippen LogP contribution in [0.15, 0.2) is 158 Å². The van der Waals surface area contributed by atoms with Crippen molar-refractivity contribution in [3.63, 3.8) is 0 Å². The molecule has 1 saturated heterocycles. The van der Waals surface area contributed by atoms with Crippen molar-refractivity contribution in [1.82, 2.24) is 5.32 Å². The van der Waals surface area contributed by atoms with Gasteiger partial charge >= 0.3 is 0 Å². The fourth-order valence-corrected chi connectivity index (χ4v) is 6.73. The predicted molar refractivity (Wildman–Crippen MR) is 285 cm³/mol. The van der Waals surface area contributed by atoms with Gasteiger partial charge in [-0.05, 0) is 116 Å². The van der Waals surface area contributed by atoms with Crippen LogP contribution in [0.5, 0.6) is 0 Å². The first-order valence-electron chi connectivity index (χ1n) is 25.7. The molecule has 7 atom stereocenters. The number of aliphatic hydroxyl groups excluding tert-OH is 5. The number of carbonyl (C=O) groups is 1. The molecule has 0 aromatic rings. The third-order valence-electron chi connectivity index (χ3n) is 10.8. The molecule has 0 bridgehead atoms. The van der Waals surface area contributed by atoms with Crippen LogP contribution in [0.2, 0.25) is 0 Å². The van der Waals surface area contributed by atoms with E-state index < -0.39 is 49.5 Å². The molecule has 1 aliphatic rings. The van der Waals surface area contributed by atoms with Crippen LogP contribution >= 0.6 is 0 Å². The summed E-state index contributed by atoms with van der Waals surface area (Å²) in [5.74, 6) is -0.244. The second kappa shape index (κ2) is 46.5. The Labute approximate surface area is 412 Å². The Morgan fingerprint density at radius 3 is 1.35 bits per heavy atom. The van der Waals surface area contributed by atoms with Gasteiger partial charge in [0.2, 0.25) is 5.91 Å². The van der Waals surface area contributed by atoms with E-state index in [1.807, 2.05) is 6.08 Å². The molecule has 0 aromatic carbocycles. The van der Waals surface area contributed by atoms with E-state index in [0.717, 1.165) is 103 Å². The molecule has 1 amide bonds. The minimum atomic E-state index is -1.59. The molecule has 7 unspecified atom stereocenters. The van der Waals surface area contributed by atoms with E-state index in [2.05, 4.69) is 165 Å². The summed E-state index contributed by atoms with van der Waals surface area (Å²) in [7, 11) is 0. The van der Waals surface area contributed by atoms with Gasteiger partial charge in [0.05, 0.1) is 25.4 Å². The molecule has 9 nitrogen and oxygen atoms in total. The van der Waals surface area contributed by atoms with E-state index in [1.165, 1.54) is 12.8 Å². The molecule has 1 heterocycles. The summed E-state index contributed by atoms with van der Waals surface area (Å²) < 4.78 is 11.2. The van der Waals surface area contributed by atoms with E-state index in [1.54, 1.807) is 6.08 Å². The van der Waals surface area contributed by atoms with Crippen LogP contribution in [0, 0.1) is 0 Å². The van der Waals surface area contributed by atoms with Crippen LogP contribution in [0.3, 0.4) is 0 Å². The molecule has 0 aliphatic carbocycles. The van der Waals surface area contributed by atoms with E-state index in [-0.39, 0.29) is 18.9 Å². The molecule has 380 valence electrons. The quantitative estimate of drug-likeness (QED) is 0.0263. The maximum absolute atomic E-state index is 13.0. The predicted octanol–water partition coefficient (Wildman–Crippen LogP) is 12.1. The smallest absolute Gasteiger partial charge is 0.220 e. The number of allylic oxidation sites excluding steroid dienone is 25. The van der Waals surface area contributed by atoms with E-state index >= 15 is 0 Å². The van der Waals surface area contributed by atoms with Gasteiger partial charge in [-0.25, -0.2) is 0 Å². The molecular formula is C59H91NO8. The summed E-state index contributed by atoms with van der Waals surface area (Å²) in [6, 6.07) is -0.863. The lowest BCUT2D eigenvalue weighted by Crippen LogP contribution is -2.60. The summed E-state index contributed by atoms with van der Waals surface area (Å²) >= 11 is 0. The van der Waals surface area contributed by atoms with Crippen LogP contribution in [0.4, 0.5) is 0 Å². The number of aliphatic hydroxyl groups is 5. The van der Waals surface area contributed by atoms with Crippen molar-refractivity contribution in [2.45, 2.75) is 192 Å². The zero-order chi connectivity index (χ0) is 49.4. The number of unbranched alkanes of at least 4 members (excludes halogenated alkanes) is 6. The van der Waals surface area contributed by atoms with Crippen molar-refractivity contribution < 1.29 is 39.8 Å². The maximum atomic E-state index is 13.0. The fourth-order valence-electron chi connectivity index (χ4n) is 6.73. The highest BCUT2D eigenvalue weighted by atomic mass is 16.7. The Bertz CT molecular complexity index is 1610. The molecule has 0 aromatic heterocycles. The Morgan fingerprint density at radius 1 is 0.515 bits per heavy atom. The van der Waals surface area contributed by atoms with Gasteiger partial charge in [-0.1, -0.05) is 185 Å². The highest BCUT2D eigenvalue weighted by Crippen LogP contribution is 2.22. The van der Waals surface area contributed by atoms with Crippen LogP contribution in [0.25, 0.3) is 0 Å². The first-order valence-corrected chi connectivity index (χ1v) is 25.7. The lowest BCUT2D eigenvalue weighted by molar-refractivity contribution is -0.302. The molecular weight excluding hydrogens is 851 g/mol. The highest BCUT2D eigenvalue weighted by Gasteiger charge is 2.44. The molecule has 68 heavy (non-hydrogen) atoms. The van der Waals surface area contributed by atoms with Gasteiger partial charge in [-0.2, -0.15) is 0 Å². The second-order valence-electron chi connectivity index (χ2n) is 16.9. The van der Waals surface area contributed by atoms with Crippen LogP contribution in [-0.2, 0) is 14.3 Å². The summed E-state index contributed by atoms with van der Waals surface area (Å²) in [4.78, 5) is 13.0. The van der Waals surface area contributed by atoms with E-state index in [0.29, 0.717) is 12.8 Å². The van der Waals surface area contributed by atoms with E-state index in [9.17, 15) is 30.3 Å². The van der Waals surface area contributed by atoms with Crippen LogP contribution in [-0.4, -0.2) is 87.5 Å². The van der Waals surface area contributed by atoms with Crippen molar-refractivity contribution in [2.75, 3.05) is 13.2 Å². The van der Waals surface area contributed by atoms with Gasteiger partial charge < -0.3 is 40.3 Å². The van der Waals surface area contributed by atoms with Crippen molar-refractivity contribution in [1.29, 1.82) is 0 Å². The Hall–Kier alpha value is -4.19. The monoisotopic (exact) mass is 942 g/mol. The summed E-state index contributed by atoms with van der Waals surface area (Å²) in [6.45, 7) is 3.52. The normalized spacial score (nSPS) is 21.0. The zero-order valence-electron chi connectivity index (χ0n) is 41.8. The minimum Gasteiger partial charge on any atom is -0.394 e. The lowest BCUT2D eigenvalue weighted by Gasteiger charge is -2.40. The van der Waals surface area contributed by atoms with Crippen LogP contribution < -0.4 is 5.32 Å².